The Bertz CT molecular complexity index is 887. The molecular formula is C20H21N3O2. The van der Waals surface area contributed by atoms with E-state index in [1.54, 1.807) is 4.90 Å². The summed E-state index contributed by atoms with van der Waals surface area (Å²) in [5, 5.41) is 0.721. The summed E-state index contributed by atoms with van der Waals surface area (Å²) in [6.07, 6.45) is -0.399. The van der Waals surface area contributed by atoms with Gasteiger partial charge in [0.25, 0.3) is 0 Å². The molecule has 0 aliphatic heterocycles. The molecule has 0 aliphatic rings. The Kier molecular flexibility index (Phi) is 4.93. The van der Waals surface area contributed by atoms with Gasteiger partial charge in [-0.3, -0.25) is 0 Å². The quantitative estimate of drug-likeness (QED) is 0.707. The third-order valence-electron chi connectivity index (χ3n) is 4.08. The van der Waals surface area contributed by atoms with Gasteiger partial charge in [0.2, 0.25) is 5.88 Å². The van der Waals surface area contributed by atoms with Gasteiger partial charge in [0.05, 0.1) is 10.9 Å². The monoisotopic (exact) mass is 335 g/mol. The van der Waals surface area contributed by atoms with E-state index in [0.29, 0.717) is 18.9 Å². The molecular weight excluding hydrogens is 314 g/mol. The molecule has 0 aliphatic carbocycles. The van der Waals surface area contributed by atoms with Crippen molar-refractivity contribution in [3.63, 3.8) is 0 Å². The SMILES string of the molecule is CCN(CC)C(=O)Oc1nc(-c2ccc(C)cc2)nc2ccccc12. The Hall–Kier alpha value is -2.95. The van der Waals surface area contributed by atoms with E-state index in [2.05, 4.69) is 9.97 Å². The second kappa shape index (κ2) is 7.30. The maximum atomic E-state index is 12.4. The Balaban J connectivity index is 2.06. The number of amides is 1. The van der Waals surface area contributed by atoms with E-state index in [-0.39, 0.29) is 5.88 Å². The van der Waals surface area contributed by atoms with Crippen LogP contribution in [-0.2, 0) is 0 Å². The summed E-state index contributed by atoms with van der Waals surface area (Å²) >= 11 is 0. The molecule has 5 nitrogen and oxygen atoms in total. The summed E-state index contributed by atoms with van der Waals surface area (Å²) in [5.41, 5.74) is 2.80. The first-order valence-electron chi connectivity index (χ1n) is 8.43. The van der Waals surface area contributed by atoms with Crippen molar-refractivity contribution in [3.8, 4) is 17.3 Å². The number of carbonyl (C=O) groups is 1. The van der Waals surface area contributed by atoms with Crippen LogP contribution >= 0.6 is 0 Å². The van der Waals surface area contributed by atoms with Crippen molar-refractivity contribution in [2.24, 2.45) is 0 Å². The Morgan fingerprint density at radius 1 is 1.00 bits per heavy atom. The number of aromatic nitrogens is 2. The molecule has 1 heterocycles. The lowest BCUT2D eigenvalue weighted by Gasteiger charge is -2.18. The number of ether oxygens (including phenoxy) is 1. The molecule has 0 radical (unpaired) electrons. The first-order valence-corrected chi connectivity index (χ1v) is 8.43. The average Bonchev–Trinajstić information content (AvgIpc) is 2.63. The highest BCUT2D eigenvalue weighted by Crippen LogP contribution is 2.27. The molecule has 1 amide bonds. The van der Waals surface area contributed by atoms with Gasteiger partial charge in [-0.1, -0.05) is 42.0 Å². The van der Waals surface area contributed by atoms with Crippen molar-refractivity contribution in [1.29, 1.82) is 0 Å². The Labute approximate surface area is 147 Å². The van der Waals surface area contributed by atoms with Gasteiger partial charge >= 0.3 is 6.09 Å². The highest BCUT2D eigenvalue weighted by Gasteiger charge is 2.17. The van der Waals surface area contributed by atoms with E-state index in [0.717, 1.165) is 22.0 Å². The maximum absolute atomic E-state index is 12.4. The standard InChI is InChI=1S/C20H21N3O2/c1-4-23(5-2)20(24)25-19-16-8-6-7-9-17(16)21-18(22-19)15-12-10-14(3)11-13-15/h6-13H,4-5H2,1-3H3. The first kappa shape index (κ1) is 16.9. The molecule has 0 N–H and O–H groups in total. The van der Waals surface area contributed by atoms with Crippen molar-refractivity contribution in [2.75, 3.05) is 13.1 Å². The third kappa shape index (κ3) is 3.60. The third-order valence-corrected chi connectivity index (χ3v) is 4.08. The number of hydrogen-bond acceptors (Lipinski definition) is 4. The van der Waals surface area contributed by atoms with Gasteiger partial charge in [0, 0.05) is 18.7 Å². The topological polar surface area (TPSA) is 55.3 Å². The number of para-hydroxylation sites is 1. The van der Waals surface area contributed by atoms with Crippen LogP contribution in [0, 0.1) is 6.92 Å². The summed E-state index contributed by atoms with van der Waals surface area (Å²) < 4.78 is 5.59. The zero-order valence-corrected chi connectivity index (χ0v) is 14.7. The predicted octanol–water partition coefficient (Wildman–Crippen LogP) is 4.45. The van der Waals surface area contributed by atoms with E-state index in [1.165, 1.54) is 0 Å². The molecule has 0 saturated heterocycles. The normalized spacial score (nSPS) is 10.7. The van der Waals surface area contributed by atoms with Crippen LogP contribution in [0.4, 0.5) is 4.79 Å². The zero-order valence-electron chi connectivity index (χ0n) is 14.7. The highest BCUT2D eigenvalue weighted by molar-refractivity contribution is 5.87. The van der Waals surface area contributed by atoms with E-state index < -0.39 is 6.09 Å². The number of fused-ring (bicyclic) bond motifs is 1. The van der Waals surface area contributed by atoms with Crippen molar-refractivity contribution in [1.82, 2.24) is 14.9 Å². The van der Waals surface area contributed by atoms with Crippen molar-refractivity contribution < 1.29 is 9.53 Å². The summed E-state index contributed by atoms with van der Waals surface area (Å²) in [6, 6.07) is 15.5. The molecule has 1 aromatic heterocycles. The number of benzene rings is 2. The summed E-state index contributed by atoms with van der Waals surface area (Å²) in [6.45, 7) is 7.04. The fourth-order valence-corrected chi connectivity index (χ4v) is 2.59. The van der Waals surface area contributed by atoms with Gasteiger partial charge < -0.3 is 9.64 Å². The van der Waals surface area contributed by atoms with E-state index in [9.17, 15) is 4.79 Å². The van der Waals surface area contributed by atoms with E-state index in [4.69, 9.17) is 4.74 Å². The molecule has 5 heteroatoms. The second-order valence-corrected chi connectivity index (χ2v) is 5.78. The molecule has 25 heavy (non-hydrogen) atoms. The first-order chi connectivity index (χ1) is 12.1. The molecule has 128 valence electrons. The van der Waals surface area contributed by atoms with Crippen LogP contribution in [0.1, 0.15) is 19.4 Å². The Morgan fingerprint density at radius 3 is 2.36 bits per heavy atom. The minimum absolute atomic E-state index is 0.290. The lowest BCUT2D eigenvalue weighted by Crippen LogP contribution is -2.33. The van der Waals surface area contributed by atoms with Gasteiger partial charge in [-0.05, 0) is 32.9 Å². The van der Waals surface area contributed by atoms with Crippen molar-refractivity contribution >= 4 is 17.0 Å². The van der Waals surface area contributed by atoms with Gasteiger partial charge in [-0.25, -0.2) is 9.78 Å². The smallest absolute Gasteiger partial charge is 0.390 e. The van der Waals surface area contributed by atoms with Crippen LogP contribution < -0.4 is 4.74 Å². The Morgan fingerprint density at radius 2 is 1.68 bits per heavy atom. The van der Waals surface area contributed by atoms with Gasteiger partial charge in [-0.15, -0.1) is 0 Å². The van der Waals surface area contributed by atoms with Crippen molar-refractivity contribution in [3.05, 3.63) is 54.1 Å². The molecule has 0 atom stereocenters. The van der Waals surface area contributed by atoms with Crippen LogP contribution in [0.2, 0.25) is 0 Å². The number of rotatable bonds is 4. The van der Waals surface area contributed by atoms with Crippen molar-refractivity contribution in [2.45, 2.75) is 20.8 Å². The lowest BCUT2D eigenvalue weighted by molar-refractivity contribution is 0.156. The molecule has 3 aromatic rings. The van der Waals surface area contributed by atoms with Crippen LogP contribution in [0.15, 0.2) is 48.5 Å². The van der Waals surface area contributed by atoms with Gasteiger partial charge in [-0.2, -0.15) is 4.98 Å². The fraction of sp³-hybridized carbons (Fsp3) is 0.250. The zero-order chi connectivity index (χ0) is 17.8. The average molecular weight is 335 g/mol. The molecule has 3 rings (SSSR count). The molecule has 0 unspecified atom stereocenters. The predicted molar refractivity (Wildman–Crippen MR) is 98.7 cm³/mol. The molecule has 2 aromatic carbocycles. The van der Waals surface area contributed by atoms with E-state index in [1.807, 2.05) is 69.3 Å². The largest absolute Gasteiger partial charge is 0.416 e. The summed E-state index contributed by atoms with van der Waals surface area (Å²) in [7, 11) is 0. The van der Waals surface area contributed by atoms with Crippen LogP contribution in [0.5, 0.6) is 5.88 Å². The number of carbonyl (C=O) groups excluding carboxylic acids is 1. The second-order valence-electron chi connectivity index (χ2n) is 5.78. The molecule has 0 saturated carbocycles. The fourth-order valence-electron chi connectivity index (χ4n) is 2.59. The van der Waals surface area contributed by atoms with E-state index >= 15 is 0 Å². The van der Waals surface area contributed by atoms with Crippen LogP contribution in [-0.4, -0.2) is 34.1 Å². The minimum Gasteiger partial charge on any atom is -0.390 e. The molecule has 0 bridgehead atoms. The summed E-state index contributed by atoms with van der Waals surface area (Å²) in [4.78, 5) is 23.1. The molecule has 0 spiro atoms. The van der Waals surface area contributed by atoms with Crippen LogP contribution in [0.25, 0.3) is 22.3 Å². The number of hydrogen-bond donors (Lipinski definition) is 0. The lowest BCUT2D eigenvalue weighted by atomic mass is 10.1. The number of nitrogens with zero attached hydrogens (tertiary/aromatic N) is 3. The maximum Gasteiger partial charge on any atom is 0.416 e. The van der Waals surface area contributed by atoms with Gasteiger partial charge in [0.15, 0.2) is 5.82 Å². The number of aryl methyl sites for hydroxylation is 1. The highest BCUT2D eigenvalue weighted by atomic mass is 16.6. The minimum atomic E-state index is -0.399. The van der Waals surface area contributed by atoms with Gasteiger partial charge in [0.1, 0.15) is 0 Å². The van der Waals surface area contributed by atoms with Crippen LogP contribution in [0.3, 0.4) is 0 Å². The molecule has 0 fully saturated rings. The summed E-state index contributed by atoms with van der Waals surface area (Å²) in [5.74, 6) is 0.833.